The Morgan fingerprint density at radius 2 is 1.80 bits per heavy atom. The Bertz CT molecular complexity index is 1770. The number of fused-ring (bicyclic) bond motifs is 5. The second kappa shape index (κ2) is 9.39. The summed E-state index contributed by atoms with van der Waals surface area (Å²) in [5.74, 6) is -0.468. The van der Waals surface area contributed by atoms with E-state index in [0.29, 0.717) is 53.5 Å². The van der Waals surface area contributed by atoms with E-state index in [1.807, 2.05) is 31.1 Å². The number of hydrogen-bond donors (Lipinski definition) is 1. The Morgan fingerprint density at radius 3 is 2.48 bits per heavy atom. The van der Waals surface area contributed by atoms with Crippen LogP contribution in [0.5, 0.6) is 11.5 Å². The SMILES string of the molecule is CC[C@@]1(O)C(=O)CCc2c1cc1n(c2=O)Cc2c-1nc1ccc(Oc3ccc(C(=O)[O-])cc3)cc1c2CN(C)C. The number of ether oxygens (including phenoxy) is 1. The zero-order valence-electron chi connectivity index (χ0n) is 22.5. The number of carbonyl (C=O) groups is 2. The summed E-state index contributed by atoms with van der Waals surface area (Å²) < 4.78 is 7.73. The van der Waals surface area contributed by atoms with Gasteiger partial charge in [0, 0.05) is 35.0 Å². The van der Waals surface area contributed by atoms with Gasteiger partial charge >= 0.3 is 0 Å². The van der Waals surface area contributed by atoms with Gasteiger partial charge in [-0.3, -0.25) is 9.59 Å². The molecule has 0 amide bonds. The molecule has 0 bridgehead atoms. The number of Topliss-reactive ketones (excluding diaryl/α,β-unsaturated/α-hetero) is 1. The maximum atomic E-state index is 13.7. The highest BCUT2D eigenvalue weighted by Gasteiger charge is 2.43. The van der Waals surface area contributed by atoms with Gasteiger partial charge < -0.3 is 29.2 Å². The molecule has 0 fully saturated rings. The fraction of sp³-hybridized carbons (Fsp3) is 0.290. The Labute approximate surface area is 230 Å². The molecule has 9 heteroatoms. The fourth-order valence-electron chi connectivity index (χ4n) is 5.88. The number of benzene rings is 2. The molecule has 0 saturated heterocycles. The van der Waals surface area contributed by atoms with E-state index in [4.69, 9.17) is 9.72 Å². The van der Waals surface area contributed by atoms with Crippen molar-refractivity contribution in [1.29, 1.82) is 0 Å². The molecule has 4 aromatic rings. The number of nitrogens with zero attached hydrogens (tertiary/aromatic N) is 3. The monoisotopic (exact) mass is 538 g/mol. The summed E-state index contributed by atoms with van der Waals surface area (Å²) >= 11 is 0. The highest BCUT2D eigenvalue weighted by Crippen LogP contribution is 2.41. The first kappa shape index (κ1) is 25.9. The largest absolute Gasteiger partial charge is 0.545 e. The summed E-state index contributed by atoms with van der Waals surface area (Å²) in [7, 11) is 3.94. The van der Waals surface area contributed by atoms with Crippen LogP contribution in [0.15, 0.2) is 53.3 Å². The van der Waals surface area contributed by atoms with Crippen molar-refractivity contribution in [3.05, 3.63) is 86.7 Å². The van der Waals surface area contributed by atoms with Crippen molar-refractivity contribution in [1.82, 2.24) is 14.5 Å². The van der Waals surface area contributed by atoms with Crippen molar-refractivity contribution < 1.29 is 24.5 Å². The van der Waals surface area contributed by atoms with Crippen molar-refractivity contribution in [2.75, 3.05) is 14.1 Å². The van der Waals surface area contributed by atoms with E-state index in [-0.39, 0.29) is 29.7 Å². The fourth-order valence-corrected chi connectivity index (χ4v) is 5.88. The van der Waals surface area contributed by atoms with Crippen molar-refractivity contribution in [2.24, 2.45) is 0 Å². The number of carbonyl (C=O) groups excluding carboxylic acids is 2. The first-order valence-electron chi connectivity index (χ1n) is 13.2. The van der Waals surface area contributed by atoms with Crippen LogP contribution >= 0.6 is 0 Å². The van der Waals surface area contributed by atoms with Crippen LogP contribution in [0, 0.1) is 0 Å². The van der Waals surface area contributed by atoms with E-state index >= 15 is 0 Å². The molecule has 1 N–H and O–H groups in total. The van der Waals surface area contributed by atoms with Gasteiger partial charge in [-0.15, -0.1) is 0 Å². The topological polar surface area (TPSA) is 125 Å². The number of rotatable bonds is 6. The molecule has 3 heterocycles. The Hall–Kier alpha value is -4.34. The number of aromatic carboxylic acids is 1. The van der Waals surface area contributed by atoms with Crippen molar-refractivity contribution in [2.45, 2.75) is 44.9 Å². The van der Waals surface area contributed by atoms with Crippen molar-refractivity contribution >= 4 is 22.7 Å². The summed E-state index contributed by atoms with van der Waals surface area (Å²) in [6.45, 7) is 2.69. The van der Waals surface area contributed by atoms with Gasteiger partial charge in [0.05, 0.1) is 29.4 Å². The smallest absolute Gasteiger partial charge is 0.254 e. The number of carboxylic acids is 1. The lowest BCUT2D eigenvalue weighted by Gasteiger charge is -2.32. The van der Waals surface area contributed by atoms with E-state index < -0.39 is 11.6 Å². The van der Waals surface area contributed by atoms with Crippen LogP contribution in [0.2, 0.25) is 0 Å². The van der Waals surface area contributed by atoms with E-state index in [2.05, 4.69) is 0 Å². The van der Waals surface area contributed by atoms with Gasteiger partial charge in [0.2, 0.25) is 0 Å². The third kappa shape index (κ3) is 4.01. The van der Waals surface area contributed by atoms with Crippen LogP contribution in [0.3, 0.4) is 0 Å². The number of hydrogen-bond acceptors (Lipinski definition) is 8. The van der Waals surface area contributed by atoms with E-state index in [9.17, 15) is 24.6 Å². The van der Waals surface area contributed by atoms with E-state index in [0.717, 1.165) is 22.0 Å². The molecule has 6 rings (SSSR count). The number of carboxylic acid groups (broad SMARTS) is 1. The van der Waals surface area contributed by atoms with Gasteiger partial charge in [-0.05, 0) is 86.6 Å². The van der Waals surface area contributed by atoms with Crippen molar-refractivity contribution in [3.63, 3.8) is 0 Å². The second-order valence-electron chi connectivity index (χ2n) is 10.7. The molecule has 0 unspecified atom stereocenters. The Morgan fingerprint density at radius 1 is 1.07 bits per heavy atom. The summed E-state index contributed by atoms with van der Waals surface area (Å²) in [5.41, 5.74) is 3.04. The molecule has 204 valence electrons. The maximum Gasteiger partial charge on any atom is 0.254 e. The Balaban J connectivity index is 1.49. The van der Waals surface area contributed by atoms with Gasteiger partial charge in [-0.25, -0.2) is 4.98 Å². The molecular formula is C31H28N3O6-. The number of aromatic nitrogens is 2. The summed E-state index contributed by atoms with van der Waals surface area (Å²) in [5, 5.41) is 23.2. The minimum absolute atomic E-state index is 0.0668. The molecule has 0 radical (unpaired) electrons. The molecule has 2 aliphatic rings. The molecule has 1 aliphatic carbocycles. The second-order valence-corrected chi connectivity index (χ2v) is 10.7. The van der Waals surface area contributed by atoms with Crippen LogP contribution in [0.1, 0.15) is 52.4 Å². The average Bonchev–Trinajstić information content (AvgIpc) is 3.30. The van der Waals surface area contributed by atoms with Gasteiger partial charge in [-0.1, -0.05) is 6.92 Å². The minimum Gasteiger partial charge on any atom is -0.545 e. The van der Waals surface area contributed by atoms with Crippen LogP contribution < -0.4 is 15.4 Å². The molecule has 9 nitrogen and oxygen atoms in total. The van der Waals surface area contributed by atoms with Crippen LogP contribution in [0.4, 0.5) is 0 Å². The molecular weight excluding hydrogens is 510 g/mol. The number of aliphatic hydroxyl groups is 1. The first-order chi connectivity index (χ1) is 19.1. The predicted octanol–water partition coefficient (Wildman–Crippen LogP) is 2.76. The predicted molar refractivity (Wildman–Crippen MR) is 146 cm³/mol. The lowest BCUT2D eigenvalue weighted by atomic mass is 9.77. The first-order valence-corrected chi connectivity index (χ1v) is 13.2. The zero-order valence-corrected chi connectivity index (χ0v) is 22.5. The van der Waals surface area contributed by atoms with Gasteiger partial charge in [0.1, 0.15) is 17.1 Å². The van der Waals surface area contributed by atoms with Crippen LogP contribution in [0.25, 0.3) is 22.3 Å². The Kier molecular flexibility index (Phi) is 6.08. The summed E-state index contributed by atoms with van der Waals surface area (Å²) in [6.07, 6.45) is 0.659. The average molecular weight is 539 g/mol. The lowest BCUT2D eigenvalue weighted by molar-refractivity contribution is -0.255. The molecule has 1 atom stereocenters. The molecule has 2 aromatic heterocycles. The van der Waals surface area contributed by atoms with Gasteiger partial charge in [0.25, 0.3) is 5.56 Å². The van der Waals surface area contributed by atoms with Gasteiger partial charge in [0.15, 0.2) is 5.78 Å². The zero-order chi connectivity index (χ0) is 28.3. The lowest BCUT2D eigenvalue weighted by Crippen LogP contribution is -2.43. The van der Waals surface area contributed by atoms with Crippen LogP contribution in [-0.2, 0) is 29.9 Å². The molecule has 2 aromatic carbocycles. The maximum absolute atomic E-state index is 13.7. The van der Waals surface area contributed by atoms with Gasteiger partial charge in [-0.2, -0.15) is 0 Å². The highest BCUT2D eigenvalue weighted by atomic mass is 16.5. The summed E-state index contributed by atoms with van der Waals surface area (Å²) in [6, 6.07) is 13.3. The molecule has 0 spiro atoms. The van der Waals surface area contributed by atoms with Crippen LogP contribution in [-0.4, -0.2) is 45.4 Å². The third-order valence-corrected chi connectivity index (χ3v) is 7.96. The minimum atomic E-state index is -1.67. The quantitative estimate of drug-likeness (QED) is 0.350. The number of pyridine rings is 2. The third-order valence-electron chi connectivity index (χ3n) is 7.96. The molecule has 40 heavy (non-hydrogen) atoms. The normalized spacial score (nSPS) is 17.6. The summed E-state index contributed by atoms with van der Waals surface area (Å²) in [4.78, 5) is 44.4. The van der Waals surface area contributed by atoms with E-state index in [1.165, 1.54) is 12.1 Å². The van der Waals surface area contributed by atoms with Crippen molar-refractivity contribution in [3.8, 4) is 22.9 Å². The standard InChI is InChI=1S/C31H29N3O6/c1-4-31(39)24-14-26-28-23(16-34(26)29(36)20(24)10-12-27(31)35)22(15-33(2)3)21-13-19(9-11-25(21)32-28)40-18-7-5-17(6-8-18)30(37)38/h5-9,11,13-14,39H,4,10,12,15-16H2,1-3H3,(H,37,38)/p-1/t31-/m0/s1. The van der Waals surface area contributed by atoms with E-state index in [1.54, 1.807) is 35.8 Å². The molecule has 1 aliphatic heterocycles. The highest BCUT2D eigenvalue weighted by molar-refractivity contribution is 5.92. The number of ketones is 1. The molecule has 0 saturated carbocycles.